The minimum absolute atomic E-state index is 0. The molecule has 0 saturated heterocycles. The Morgan fingerprint density at radius 1 is 1.69 bits per heavy atom. The van der Waals surface area contributed by atoms with Gasteiger partial charge in [0, 0.05) is 14.7 Å². The first kappa shape index (κ1) is 15.9. The molecule has 1 amide bonds. The third-order valence-corrected chi connectivity index (χ3v) is 3.69. The molecule has 1 aromatic heterocycles. The number of carbonyl (C=O) groups excluding carboxylic acids is 1. The molecule has 1 atom stereocenters. The highest BCUT2D eigenvalue weighted by molar-refractivity contribution is 9.10. The Labute approximate surface area is 114 Å². The highest BCUT2D eigenvalue weighted by Crippen LogP contribution is 2.19. The SMILES string of the molecule is CCCC(N)C(=O)NCc1cc(Br)cs1.Cl. The van der Waals surface area contributed by atoms with Crippen molar-refractivity contribution in [3.8, 4) is 0 Å². The fourth-order valence-electron chi connectivity index (χ4n) is 1.19. The second-order valence-electron chi connectivity index (χ2n) is 3.34. The number of thiophene rings is 1. The van der Waals surface area contributed by atoms with Crippen molar-refractivity contribution in [2.24, 2.45) is 5.73 Å². The van der Waals surface area contributed by atoms with Crippen LogP contribution in [-0.2, 0) is 11.3 Å². The van der Waals surface area contributed by atoms with Gasteiger partial charge in [0.2, 0.25) is 5.91 Å². The Bertz CT molecular complexity index is 332. The lowest BCUT2D eigenvalue weighted by Crippen LogP contribution is -2.39. The first-order valence-electron chi connectivity index (χ1n) is 4.89. The average Bonchev–Trinajstić information content (AvgIpc) is 2.61. The molecule has 6 heteroatoms. The van der Waals surface area contributed by atoms with Crippen LogP contribution in [0.2, 0.25) is 0 Å². The van der Waals surface area contributed by atoms with Crippen molar-refractivity contribution in [2.75, 3.05) is 0 Å². The van der Waals surface area contributed by atoms with Gasteiger partial charge in [-0.15, -0.1) is 23.7 Å². The molecule has 0 fully saturated rings. The van der Waals surface area contributed by atoms with Crippen LogP contribution >= 0.6 is 39.7 Å². The Hall–Kier alpha value is -0.100. The topological polar surface area (TPSA) is 55.1 Å². The van der Waals surface area contributed by atoms with E-state index >= 15 is 0 Å². The van der Waals surface area contributed by atoms with E-state index in [0.29, 0.717) is 6.54 Å². The lowest BCUT2D eigenvalue weighted by atomic mass is 10.2. The van der Waals surface area contributed by atoms with E-state index in [0.717, 1.165) is 22.2 Å². The van der Waals surface area contributed by atoms with Crippen LogP contribution in [0.1, 0.15) is 24.6 Å². The highest BCUT2D eigenvalue weighted by atomic mass is 79.9. The van der Waals surface area contributed by atoms with Gasteiger partial charge in [-0.05, 0) is 28.4 Å². The van der Waals surface area contributed by atoms with Gasteiger partial charge in [-0.1, -0.05) is 13.3 Å². The predicted octanol–water partition coefficient (Wildman–Crippen LogP) is 2.68. The molecule has 0 aliphatic carbocycles. The third kappa shape index (κ3) is 5.30. The molecule has 1 heterocycles. The summed E-state index contributed by atoms with van der Waals surface area (Å²) in [7, 11) is 0. The average molecular weight is 328 g/mol. The molecule has 0 aliphatic heterocycles. The maximum absolute atomic E-state index is 11.5. The van der Waals surface area contributed by atoms with Crippen LogP contribution in [0, 0.1) is 0 Å². The summed E-state index contributed by atoms with van der Waals surface area (Å²) in [5.74, 6) is -0.0682. The molecule has 16 heavy (non-hydrogen) atoms. The first-order valence-corrected chi connectivity index (χ1v) is 6.57. The number of nitrogens with two attached hydrogens (primary N) is 1. The third-order valence-electron chi connectivity index (χ3n) is 2.00. The van der Waals surface area contributed by atoms with E-state index in [-0.39, 0.29) is 24.4 Å². The van der Waals surface area contributed by atoms with Crippen LogP contribution < -0.4 is 11.1 Å². The number of carbonyl (C=O) groups is 1. The summed E-state index contributed by atoms with van der Waals surface area (Å²) in [6.45, 7) is 2.58. The van der Waals surface area contributed by atoms with Gasteiger partial charge in [0.1, 0.15) is 0 Å². The number of nitrogens with one attached hydrogen (secondary N) is 1. The lowest BCUT2D eigenvalue weighted by Gasteiger charge is -2.09. The van der Waals surface area contributed by atoms with Crippen molar-refractivity contribution in [1.82, 2.24) is 5.32 Å². The van der Waals surface area contributed by atoms with E-state index in [4.69, 9.17) is 5.73 Å². The Morgan fingerprint density at radius 2 is 2.38 bits per heavy atom. The summed E-state index contributed by atoms with van der Waals surface area (Å²) in [5, 5.41) is 4.82. The smallest absolute Gasteiger partial charge is 0.237 e. The molecule has 3 N–H and O–H groups in total. The molecule has 0 radical (unpaired) electrons. The predicted molar refractivity (Wildman–Crippen MR) is 74.0 cm³/mol. The second-order valence-corrected chi connectivity index (χ2v) is 5.26. The van der Waals surface area contributed by atoms with Crippen LogP contribution in [0.15, 0.2) is 15.9 Å². The molecule has 1 aromatic rings. The van der Waals surface area contributed by atoms with E-state index in [1.54, 1.807) is 11.3 Å². The van der Waals surface area contributed by atoms with Crippen LogP contribution in [-0.4, -0.2) is 11.9 Å². The van der Waals surface area contributed by atoms with E-state index in [9.17, 15) is 4.79 Å². The van der Waals surface area contributed by atoms with Crippen molar-refractivity contribution < 1.29 is 4.79 Å². The van der Waals surface area contributed by atoms with Crippen molar-refractivity contribution >= 4 is 45.6 Å². The summed E-state index contributed by atoms with van der Waals surface area (Å²) in [6, 6.07) is 1.62. The van der Waals surface area contributed by atoms with Gasteiger partial charge in [-0.25, -0.2) is 0 Å². The number of hydrogen-bond donors (Lipinski definition) is 2. The van der Waals surface area contributed by atoms with Gasteiger partial charge < -0.3 is 11.1 Å². The monoisotopic (exact) mass is 326 g/mol. The van der Waals surface area contributed by atoms with Gasteiger partial charge in [0.15, 0.2) is 0 Å². The number of amides is 1. The summed E-state index contributed by atoms with van der Waals surface area (Å²) >= 11 is 4.98. The normalized spacial score (nSPS) is 11.7. The van der Waals surface area contributed by atoms with Gasteiger partial charge in [-0.2, -0.15) is 0 Å². The Balaban J connectivity index is 0.00000225. The van der Waals surface area contributed by atoms with Crippen molar-refractivity contribution in [2.45, 2.75) is 32.4 Å². The summed E-state index contributed by atoms with van der Waals surface area (Å²) < 4.78 is 1.05. The van der Waals surface area contributed by atoms with Crippen LogP contribution in [0.5, 0.6) is 0 Å². The fourth-order valence-corrected chi connectivity index (χ4v) is 2.58. The van der Waals surface area contributed by atoms with E-state index in [1.165, 1.54) is 0 Å². The maximum atomic E-state index is 11.5. The van der Waals surface area contributed by atoms with Crippen LogP contribution in [0.3, 0.4) is 0 Å². The van der Waals surface area contributed by atoms with E-state index in [2.05, 4.69) is 21.2 Å². The maximum Gasteiger partial charge on any atom is 0.237 e. The van der Waals surface area contributed by atoms with Crippen LogP contribution in [0.25, 0.3) is 0 Å². The number of hydrogen-bond acceptors (Lipinski definition) is 3. The lowest BCUT2D eigenvalue weighted by molar-refractivity contribution is -0.122. The fraction of sp³-hybridized carbons (Fsp3) is 0.500. The molecule has 0 aliphatic rings. The summed E-state index contributed by atoms with van der Waals surface area (Å²) in [4.78, 5) is 12.6. The number of rotatable bonds is 5. The van der Waals surface area contributed by atoms with Gasteiger partial charge >= 0.3 is 0 Å². The van der Waals surface area contributed by atoms with E-state index < -0.39 is 0 Å². The molecule has 0 spiro atoms. The molecular weight excluding hydrogens is 312 g/mol. The Morgan fingerprint density at radius 3 is 2.88 bits per heavy atom. The zero-order chi connectivity index (χ0) is 11.3. The molecule has 92 valence electrons. The standard InChI is InChI=1S/C10H15BrN2OS.ClH/c1-2-3-9(12)10(14)13-5-8-4-7(11)6-15-8;/h4,6,9H,2-3,5,12H2,1H3,(H,13,14);1H. The van der Waals surface area contributed by atoms with Crippen molar-refractivity contribution in [3.63, 3.8) is 0 Å². The zero-order valence-corrected chi connectivity index (χ0v) is 12.3. The van der Waals surface area contributed by atoms with Crippen molar-refractivity contribution in [3.05, 3.63) is 20.8 Å². The summed E-state index contributed by atoms with van der Waals surface area (Å²) in [6.07, 6.45) is 1.67. The van der Waals surface area contributed by atoms with Crippen LogP contribution in [0.4, 0.5) is 0 Å². The Kier molecular flexibility index (Phi) is 8.01. The molecular formula is C10H16BrClN2OS. The quantitative estimate of drug-likeness (QED) is 0.873. The molecule has 0 aromatic carbocycles. The van der Waals surface area contributed by atoms with Gasteiger partial charge in [0.05, 0.1) is 12.6 Å². The second kappa shape index (κ2) is 8.06. The molecule has 1 rings (SSSR count). The molecule has 3 nitrogen and oxygen atoms in total. The first-order chi connectivity index (χ1) is 7.13. The number of halogens is 2. The minimum Gasteiger partial charge on any atom is -0.350 e. The van der Waals surface area contributed by atoms with E-state index in [1.807, 2.05) is 18.4 Å². The molecule has 0 saturated carbocycles. The molecule has 0 bridgehead atoms. The zero-order valence-electron chi connectivity index (χ0n) is 9.03. The highest BCUT2D eigenvalue weighted by Gasteiger charge is 2.11. The largest absolute Gasteiger partial charge is 0.350 e. The van der Waals surface area contributed by atoms with Crippen molar-refractivity contribution in [1.29, 1.82) is 0 Å². The molecule has 1 unspecified atom stereocenters. The summed E-state index contributed by atoms with van der Waals surface area (Å²) in [5.41, 5.74) is 5.68. The van der Waals surface area contributed by atoms with Gasteiger partial charge in [0.25, 0.3) is 0 Å². The minimum atomic E-state index is -0.376. The van der Waals surface area contributed by atoms with Gasteiger partial charge in [-0.3, -0.25) is 4.79 Å².